The number of unbranched alkanes of at least 4 members (excludes halogenated alkanes) is 2. The van der Waals surface area contributed by atoms with Crippen LogP contribution in [0.25, 0.3) is 28.0 Å². The minimum Gasteiger partial charge on any atom is -0.318 e. The Morgan fingerprint density at radius 1 is 0.944 bits per heavy atom. The summed E-state index contributed by atoms with van der Waals surface area (Å²) in [5.41, 5.74) is 4.02. The number of nitrogens with one attached hydrogen (secondary N) is 1. The van der Waals surface area contributed by atoms with E-state index in [1.807, 2.05) is 35.8 Å². The number of hydrogen-bond acceptors (Lipinski definition) is 6. The van der Waals surface area contributed by atoms with Gasteiger partial charge in [-0.05, 0) is 41.0 Å². The lowest BCUT2D eigenvalue weighted by atomic mass is 10.0. The van der Waals surface area contributed by atoms with E-state index in [1.54, 1.807) is 11.0 Å². The van der Waals surface area contributed by atoms with Crippen molar-refractivity contribution in [3.8, 4) is 16.8 Å². The molecule has 3 heterocycles. The molecular formula is C26H28N8O2. The lowest BCUT2D eigenvalue weighted by Crippen LogP contribution is -2.30. The van der Waals surface area contributed by atoms with Gasteiger partial charge in [0, 0.05) is 25.1 Å². The van der Waals surface area contributed by atoms with E-state index < -0.39 is 11.2 Å². The van der Waals surface area contributed by atoms with Crippen LogP contribution in [0.4, 0.5) is 0 Å². The summed E-state index contributed by atoms with van der Waals surface area (Å²) in [5.74, 6) is 0.824. The first-order valence-electron chi connectivity index (χ1n) is 12.2. The number of fused-ring (bicyclic) bond motifs is 1. The number of aryl methyl sites for hydroxylation is 2. The van der Waals surface area contributed by atoms with Gasteiger partial charge in [-0.1, -0.05) is 62.2 Å². The molecule has 0 amide bonds. The third-order valence-electron chi connectivity index (χ3n) is 6.39. The van der Waals surface area contributed by atoms with Crippen molar-refractivity contribution in [2.24, 2.45) is 0 Å². The Morgan fingerprint density at radius 3 is 2.47 bits per heavy atom. The molecule has 5 rings (SSSR count). The Labute approximate surface area is 207 Å². The molecule has 0 saturated heterocycles. The van der Waals surface area contributed by atoms with Gasteiger partial charge in [0.05, 0.1) is 5.69 Å². The summed E-state index contributed by atoms with van der Waals surface area (Å²) in [6.45, 7) is 4.95. The highest BCUT2D eigenvalue weighted by molar-refractivity contribution is 5.73. The van der Waals surface area contributed by atoms with Crippen molar-refractivity contribution < 1.29 is 0 Å². The van der Waals surface area contributed by atoms with Crippen molar-refractivity contribution in [1.29, 1.82) is 0 Å². The maximum absolute atomic E-state index is 12.9. The van der Waals surface area contributed by atoms with Crippen molar-refractivity contribution in [1.82, 2.24) is 39.3 Å². The van der Waals surface area contributed by atoms with Crippen LogP contribution < -0.4 is 11.2 Å². The number of aromatic nitrogens is 8. The molecule has 0 aliphatic heterocycles. The molecule has 10 nitrogen and oxygen atoms in total. The van der Waals surface area contributed by atoms with Crippen LogP contribution in [-0.4, -0.2) is 39.3 Å². The SMILES string of the molecule is CCCCCc1nc2c(c(=O)[nH]c(=O)n2CC)n1Cc1ccc(-c2ccccc2-n2cnnn2)cc1. The lowest BCUT2D eigenvalue weighted by molar-refractivity contribution is 0.658. The van der Waals surface area contributed by atoms with Gasteiger partial charge >= 0.3 is 5.69 Å². The van der Waals surface area contributed by atoms with E-state index >= 15 is 0 Å². The van der Waals surface area contributed by atoms with Gasteiger partial charge in [-0.3, -0.25) is 14.3 Å². The molecule has 0 radical (unpaired) electrons. The fourth-order valence-corrected chi connectivity index (χ4v) is 4.57. The summed E-state index contributed by atoms with van der Waals surface area (Å²) in [5, 5.41) is 11.5. The van der Waals surface area contributed by atoms with E-state index in [-0.39, 0.29) is 0 Å². The fourth-order valence-electron chi connectivity index (χ4n) is 4.57. The second-order valence-electron chi connectivity index (χ2n) is 8.72. The number of para-hydroxylation sites is 1. The highest BCUT2D eigenvalue weighted by Gasteiger charge is 2.18. The van der Waals surface area contributed by atoms with Gasteiger partial charge < -0.3 is 4.57 Å². The fraction of sp³-hybridized carbons (Fsp3) is 0.308. The van der Waals surface area contributed by atoms with Crippen molar-refractivity contribution >= 4 is 11.2 Å². The van der Waals surface area contributed by atoms with E-state index in [2.05, 4.69) is 51.7 Å². The van der Waals surface area contributed by atoms with E-state index in [9.17, 15) is 9.59 Å². The number of aromatic amines is 1. The van der Waals surface area contributed by atoms with Gasteiger partial charge in [-0.25, -0.2) is 9.78 Å². The lowest BCUT2D eigenvalue weighted by Gasteiger charge is -2.12. The normalized spacial score (nSPS) is 11.4. The Balaban J connectivity index is 1.53. The number of hydrogen-bond donors (Lipinski definition) is 1. The van der Waals surface area contributed by atoms with Crippen LogP contribution in [0.5, 0.6) is 0 Å². The summed E-state index contributed by atoms with van der Waals surface area (Å²) in [6, 6.07) is 16.2. The Hall–Kier alpha value is -4.34. The molecule has 10 heteroatoms. The standard InChI is InChI=1S/C26H28N8O2/c1-3-5-6-11-22-28-24-23(25(35)29-26(36)32(24)4-2)33(22)16-18-12-14-19(15-13-18)20-9-7-8-10-21(20)34-17-27-30-31-34/h7-10,12-15,17H,3-6,11,16H2,1-2H3,(H,29,35,36). The van der Waals surface area contributed by atoms with Crippen molar-refractivity contribution in [2.45, 2.75) is 52.6 Å². The van der Waals surface area contributed by atoms with Gasteiger partial charge in [-0.2, -0.15) is 4.68 Å². The van der Waals surface area contributed by atoms with Gasteiger partial charge in [0.2, 0.25) is 0 Å². The van der Waals surface area contributed by atoms with Crippen LogP contribution in [0.3, 0.4) is 0 Å². The number of imidazole rings is 1. The maximum atomic E-state index is 12.9. The summed E-state index contributed by atoms with van der Waals surface area (Å²) in [6.07, 6.45) is 5.46. The van der Waals surface area contributed by atoms with E-state index in [1.165, 1.54) is 4.57 Å². The second kappa shape index (κ2) is 10.1. The van der Waals surface area contributed by atoms with E-state index in [4.69, 9.17) is 4.98 Å². The molecular weight excluding hydrogens is 456 g/mol. The molecule has 2 aromatic carbocycles. The van der Waals surface area contributed by atoms with Gasteiger partial charge in [0.25, 0.3) is 5.56 Å². The Bertz CT molecular complexity index is 1590. The third-order valence-corrected chi connectivity index (χ3v) is 6.39. The molecule has 5 aromatic rings. The molecule has 0 spiro atoms. The molecule has 0 unspecified atom stereocenters. The maximum Gasteiger partial charge on any atom is 0.330 e. The van der Waals surface area contributed by atoms with Crippen molar-refractivity contribution in [3.63, 3.8) is 0 Å². The Kier molecular flexibility index (Phi) is 6.57. The summed E-state index contributed by atoms with van der Waals surface area (Å²) in [7, 11) is 0. The first-order chi connectivity index (χ1) is 17.6. The zero-order chi connectivity index (χ0) is 25.1. The van der Waals surface area contributed by atoms with Crippen LogP contribution >= 0.6 is 0 Å². The highest BCUT2D eigenvalue weighted by atomic mass is 16.2. The number of nitrogens with zero attached hydrogens (tertiary/aromatic N) is 7. The number of rotatable bonds is 9. The average molecular weight is 485 g/mol. The predicted octanol–water partition coefficient (Wildman–Crippen LogP) is 3.33. The molecule has 0 aliphatic rings. The molecule has 36 heavy (non-hydrogen) atoms. The van der Waals surface area contributed by atoms with E-state index in [0.29, 0.717) is 24.3 Å². The van der Waals surface area contributed by atoms with Crippen LogP contribution in [-0.2, 0) is 19.5 Å². The van der Waals surface area contributed by atoms with E-state index in [0.717, 1.165) is 53.9 Å². The van der Waals surface area contributed by atoms with Gasteiger partial charge in [0.15, 0.2) is 11.2 Å². The molecule has 0 fully saturated rings. The first kappa shape index (κ1) is 23.4. The topological polar surface area (TPSA) is 116 Å². The molecule has 0 saturated carbocycles. The second-order valence-corrected chi connectivity index (χ2v) is 8.72. The number of benzene rings is 2. The molecule has 0 atom stereocenters. The highest BCUT2D eigenvalue weighted by Crippen LogP contribution is 2.27. The summed E-state index contributed by atoms with van der Waals surface area (Å²) < 4.78 is 5.12. The number of tetrazole rings is 1. The quantitative estimate of drug-likeness (QED) is 0.321. The van der Waals surface area contributed by atoms with Crippen LogP contribution in [0.2, 0.25) is 0 Å². The van der Waals surface area contributed by atoms with Gasteiger partial charge in [0.1, 0.15) is 12.2 Å². The smallest absolute Gasteiger partial charge is 0.318 e. The molecule has 0 bridgehead atoms. The third kappa shape index (κ3) is 4.37. The minimum absolute atomic E-state index is 0.402. The van der Waals surface area contributed by atoms with Crippen LogP contribution in [0.1, 0.15) is 44.5 Å². The minimum atomic E-state index is -0.426. The molecule has 1 N–H and O–H groups in total. The average Bonchev–Trinajstić information content (AvgIpc) is 3.54. The molecule has 3 aromatic heterocycles. The predicted molar refractivity (Wildman–Crippen MR) is 137 cm³/mol. The summed E-state index contributed by atoms with van der Waals surface area (Å²) >= 11 is 0. The van der Waals surface area contributed by atoms with Crippen LogP contribution in [0, 0.1) is 0 Å². The molecule has 0 aliphatic carbocycles. The van der Waals surface area contributed by atoms with Gasteiger partial charge in [-0.15, -0.1) is 5.10 Å². The van der Waals surface area contributed by atoms with Crippen molar-refractivity contribution in [3.05, 3.63) is 87.1 Å². The first-order valence-corrected chi connectivity index (χ1v) is 12.2. The van der Waals surface area contributed by atoms with Crippen molar-refractivity contribution in [2.75, 3.05) is 0 Å². The zero-order valence-corrected chi connectivity index (χ0v) is 20.4. The largest absolute Gasteiger partial charge is 0.330 e. The molecule has 184 valence electrons. The summed E-state index contributed by atoms with van der Waals surface area (Å²) in [4.78, 5) is 32.4. The van der Waals surface area contributed by atoms with Crippen LogP contribution in [0.15, 0.2) is 64.4 Å². The number of H-pyrrole nitrogens is 1. The zero-order valence-electron chi connectivity index (χ0n) is 20.4. The monoisotopic (exact) mass is 484 g/mol. The Morgan fingerprint density at radius 2 is 1.75 bits per heavy atom.